The summed E-state index contributed by atoms with van der Waals surface area (Å²) in [5.74, 6) is 0. The van der Waals surface area contributed by atoms with Crippen molar-refractivity contribution in [3.05, 3.63) is 65.2 Å². The van der Waals surface area contributed by atoms with Crippen molar-refractivity contribution in [1.82, 2.24) is 0 Å². The van der Waals surface area contributed by atoms with Crippen LogP contribution in [0.1, 0.15) is 16.7 Å². The van der Waals surface area contributed by atoms with Crippen LogP contribution in [0.15, 0.2) is 48.5 Å². The predicted molar refractivity (Wildman–Crippen MR) is 80.5 cm³/mol. The van der Waals surface area contributed by atoms with Gasteiger partial charge in [-0.1, -0.05) is 48.0 Å². The third-order valence-electron chi connectivity index (χ3n) is 3.16. The molecule has 0 spiro atoms. The van der Waals surface area contributed by atoms with Crippen molar-refractivity contribution in [2.45, 2.75) is 19.9 Å². The second-order valence-electron chi connectivity index (χ2n) is 4.74. The zero-order valence-corrected chi connectivity index (χ0v) is 11.6. The van der Waals surface area contributed by atoms with E-state index in [1.807, 2.05) is 0 Å². The van der Waals surface area contributed by atoms with Gasteiger partial charge in [0.2, 0.25) is 0 Å². The van der Waals surface area contributed by atoms with Gasteiger partial charge >= 0.3 is 0 Å². The van der Waals surface area contributed by atoms with Gasteiger partial charge in [-0.05, 0) is 30.5 Å². The summed E-state index contributed by atoms with van der Waals surface area (Å²) in [6.07, 6.45) is 0.938. The third-order valence-corrected chi connectivity index (χ3v) is 3.16. The predicted octanol–water partition coefficient (Wildman–Crippen LogP) is 3.80. The highest BCUT2D eigenvalue weighted by atomic mass is 16.5. The molecule has 0 aliphatic rings. The van der Waals surface area contributed by atoms with Gasteiger partial charge in [0.1, 0.15) is 0 Å². The molecule has 0 aliphatic carbocycles. The number of nitrogens with one attached hydrogen (secondary N) is 1. The molecule has 100 valence electrons. The number of hydrogen-bond donors (Lipinski definition) is 1. The van der Waals surface area contributed by atoms with Crippen LogP contribution in [-0.4, -0.2) is 13.7 Å². The summed E-state index contributed by atoms with van der Waals surface area (Å²) in [6.45, 7) is 3.73. The first-order chi connectivity index (χ1) is 9.29. The average molecular weight is 255 g/mol. The maximum Gasteiger partial charge on any atom is 0.0503 e. The van der Waals surface area contributed by atoms with Gasteiger partial charge < -0.3 is 10.1 Å². The van der Waals surface area contributed by atoms with E-state index >= 15 is 0 Å². The molecule has 2 aromatic carbocycles. The molecule has 19 heavy (non-hydrogen) atoms. The van der Waals surface area contributed by atoms with Crippen molar-refractivity contribution in [3.8, 4) is 0 Å². The monoisotopic (exact) mass is 255 g/mol. The molecule has 2 heteroatoms. The molecule has 1 N–H and O–H groups in total. The fourth-order valence-electron chi connectivity index (χ4n) is 2.14. The van der Waals surface area contributed by atoms with Crippen LogP contribution in [-0.2, 0) is 17.7 Å². The Bertz CT molecular complexity index is 522. The first-order valence-electron chi connectivity index (χ1n) is 6.66. The van der Waals surface area contributed by atoms with E-state index in [1.54, 1.807) is 7.11 Å². The fraction of sp³-hybridized carbons (Fsp3) is 0.294. The van der Waals surface area contributed by atoms with Gasteiger partial charge in [0, 0.05) is 19.3 Å². The maximum absolute atomic E-state index is 5.15. The number of para-hydroxylation sites is 1. The molecule has 0 fully saturated rings. The Labute approximate surface area is 115 Å². The van der Waals surface area contributed by atoms with Crippen LogP contribution < -0.4 is 5.32 Å². The first kappa shape index (κ1) is 13.6. The van der Waals surface area contributed by atoms with E-state index in [4.69, 9.17) is 4.74 Å². The highest BCUT2D eigenvalue weighted by Crippen LogP contribution is 2.17. The quantitative estimate of drug-likeness (QED) is 0.847. The molecule has 2 aromatic rings. The minimum absolute atomic E-state index is 0.753. The highest BCUT2D eigenvalue weighted by Gasteiger charge is 2.01. The van der Waals surface area contributed by atoms with E-state index in [9.17, 15) is 0 Å². The normalized spacial score (nSPS) is 10.4. The van der Waals surface area contributed by atoms with Gasteiger partial charge in [-0.15, -0.1) is 0 Å². The lowest BCUT2D eigenvalue weighted by atomic mass is 10.1. The van der Waals surface area contributed by atoms with Gasteiger partial charge in [-0.3, -0.25) is 0 Å². The van der Waals surface area contributed by atoms with Crippen molar-refractivity contribution >= 4 is 5.69 Å². The van der Waals surface area contributed by atoms with E-state index in [0.717, 1.165) is 19.6 Å². The first-order valence-corrected chi connectivity index (χ1v) is 6.66. The van der Waals surface area contributed by atoms with Crippen LogP contribution >= 0.6 is 0 Å². The minimum Gasteiger partial charge on any atom is -0.384 e. The minimum atomic E-state index is 0.753. The summed E-state index contributed by atoms with van der Waals surface area (Å²) in [4.78, 5) is 0. The van der Waals surface area contributed by atoms with E-state index in [2.05, 4.69) is 60.8 Å². The smallest absolute Gasteiger partial charge is 0.0503 e. The molecule has 0 unspecified atom stereocenters. The summed E-state index contributed by atoms with van der Waals surface area (Å²) in [6, 6.07) is 17.0. The molecule has 0 saturated heterocycles. The number of anilines is 1. The van der Waals surface area contributed by atoms with Gasteiger partial charge in [0.05, 0.1) is 6.61 Å². The van der Waals surface area contributed by atoms with Crippen molar-refractivity contribution in [2.24, 2.45) is 0 Å². The lowest BCUT2D eigenvalue weighted by molar-refractivity contribution is 0.202. The van der Waals surface area contributed by atoms with Crippen LogP contribution in [0, 0.1) is 6.92 Å². The van der Waals surface area contributed by atoms with Gasteiger partial charge in [-0.2, -0.15) is 0 Å². The Morgan fingerprint density at radius 3 is 2.68 bits per heavy atom. The Morgan fingerprint density at radius 1 is 1.05 bits per heavy atom. The van der Waals surface area contributed by atoms with E-state index in [1.165, 1.54) is 22.4 Å². The summed E-state index contributed by atoms with van der Waals surface area (Å²) in [5.41, 5.74) is 5.10. The van der Waals surface area contributed by atoms with Gasteiger partial charge in [-0.25, -0.2) is 0 Å². The van der Waals surface area contributed by atoms with Crippen molar-refractivity contribution in [3.63, 3.8) is 0 Å². The number of methoxy groups -OCH3 is 1. The van der Waals surface area contributed by atoms with E-state index in [-0.39, 0.29) is 0 Å². The van der Waals surface area contributed by atoms with Crippen LogP contribution in [0.2, 0.25) is 0 Å². The highest BCUT2D eigenvalue weighted by molar-refractivity contribution is 5.51. The molecule has 0 amide bonds. The van der Waals surface area contributed by atoms with Crippen molar-refractivity contribution in [1.29, 1.82) is 0 Å². The summed E-state index contributed by atoms with van der Waals surface area (Å²) in [7, 11) is 1.74. The number of rotatable bonds is 6. The molecule has 0 atom stereocenters. The Morgan fingerprint density at radius 2 is 1.89 bits per heavy atom. The zero-order valence-electron chi connectivity index (χ0n) is 11.6. The molecule has 0 radical (unpaired) electrons. The summed E-state index contributed by atoms with van der Waals surface area (Å²) >= 11 is 0. The molecular weight excluding hydrogens is 234 g/mol. The van der Waals surface area contributed by atoms with Gasteiger partial charge in [0.25, 0.3) is 0 Å². The molecule has 0 bridgehead atoms. The van der Waals surface area contributed by atoms with Crippen LogP contribution in [0.3, 0.4) is 0 Å². The number of hydrogen-bond acceptors (Lipinski definition) is 2. The number of ether oxygens (including phenoxy) is 1. The lowest BCUT2D eigenvalue weighted by Gasteiger charge is -2.12. The van der Waals surface area contributed by atoms with Crippen LogP contribution in [0.5, 0.6) is 0 Å². The molecular formula is C17H21NO. The Kier molecular flexibility index (Phi) is 4.99. The zero-order chi connectivity index (χ0) is 13.5. The van der Waals surface area contributed by atoms with E-state index < -0.39 is 0 Å². The standard InChI is InChI=1S/C17H21NO/c1-14-6-5-7-15(12-14)13-18-17-9-4-3-8-16(17)10-11-19-2/h3-9,12,18H,10-11,13H2,1-2H3. The molecule has 0 saturated carbocycles. The maximum atomic E-state index is 5.15. The summed E-state index contributed by atoms with van der Waals surface area (Å²) < 4.78 is 5.15. The number of benzene rings is 2. The van der Waals surface area contributed by atoms with E-state index in [0.29, 0.717) is 0 Å². The van der Waals surface area contributed by atoms with Crippen LogP contribution in [0.25, 0.3) is 0 Å². The SMILES string of the molecule is COCCc1ccccc1NCc1cccc(C)c1. The lowest BCUT2D eigenvalue weighted by Crippen LogP contribution is -2.04. The molecule has 2 nitrogen and oxygen atoms in total. The molecule has 0 aliphatic heterocycles. The number of aryl methyl sites for hydroxylation is 1. The third kappa shape index (κ3) is 4.11. The average Bonchev–Trinajstić information content (AvgIpc) is 2.44. The van der Waals surface area contributed by atoms with Crippen LogP contribution in [0.4, 0.5) is 5.69 Å². The molecule has 0 aromatic heterocycles. The Hall–Kier alpha value is -1.80. The Balaban J connectivity index is 2.02. The second kappa shape index (κ2) is 6.95. The fourth-order valence-corrected chi connectivity index (χ4v) is 2.14. The topological polar surface area (TPSA) is 21.3 Å². The van der Waals surface area contributed by atoms with Crippen molar-refractivity contribution < 1.29 is 4.74 Å². The molecule has 0 heterocycles. The molecule has 2 rings (SSSR count). The largest absolute Gasteiger partial charge is 0.384 e. The summed E-state index contributed by atoms with van der Waals surface area (Å²) in [5, 5.41) is 3.51. The second-order valence-corrected chi connectivity index (χ2v) is 4.74. The van der Waals surface area contributed by atoms with Crippen molar-refractivity contribution in [2.75, 3.05) is 19.0 Å². The van der Waals surface area contributed by atoms with Gasteiger partial charge in [0.15, 0.2) is 0 Å².